The lowest BCUT2D eigenvalue weighted by atomic mass is 10.1. The zero-order valence-corrected chi connectivity index (χ0v) is 17.7. The third-order valence-corrected chi connectivity index (χ3v) is 8.36. The minimum Gasteiger partial charge on any atom is -0.415 e. The second-order valence-corrected chi connectivity index (χ2v) is 10.6. The van der Waals surface area contributed by atoms with Gasteiger partial charge in [0.15, 0.2) is 0 Å². The Bertz CT molecular complexity index is 1230. The van der Waals surface area contributed by atoms with E-state index in [0.717, 1.165) is 15.3 Å². The maximum Gasteiger partial charge on any atom is 0.314 e. The number of nitrogens with zero attached hydrogens (tertiary/aromatic N) is 4. The van der Waals surface area contributed by atoms with Crippen molar-refractivity contribution in [2.24, 2.45) is 0 Å². The Balaban J connectivity index is 1.40. The topological polar surface area (TPSA) is 96.6 Å². The van der Waals surface area contributed by atoms with Crippen LogP contribution in [0.15, 0.2) is 16.5 Å². The highest BCUT2D eigenvalue weighted by atomic mass is 32.2. The first-order valence-corrected chi connectivity index (χ1v) is 11.6. The quantitative estimate of drug-likeness (QED) is 0.576. The number of fused-ring (bicyclic) bond motifs is 1. The molecule has 5 rings (SSSR count). The van der Waals surface area contributed by atoms with Gasteiger partial charge in [-0.15, -0.1) is 10.2 Å². The van der Waals surface area contributed by atoms with Crippen LogP contribution in [0.1, 0.15) is 47.5 Å². The molecule has 33 heavy (non-hydrogen) atoms. The number of carbonyl (C=O) groups excluding carboxylic acids is 1. The third kappa shape index (κ3) is 3.88. The predicted octanol–water partition coefficient (Wildman–Crippen LogP) is 2.97. The average Bonchev–Trinajstić information content (AvgIpc) is 3.28. The van der Waals surface area contributed by atoms with E-state index in [4.69, 9.17) is 4.42 Å². The van der Waals surface area contributed by atoms with Crippen LogP contribution < -0.4 is 0 Å². The minimum atomic E-state index is -3.92. The van der Waals surface area contributed by atoms with Crippen molar-refractivity contribution in [3.05, 3.63) is 35.0 Å². The van der Waals surface area contributed by atoms with E-state index in [9.17, 15) is 35.2 Å². The molecule has 2 aliphatic heterocycles. The van der Waals surface area contributed by atoms with Gasteiger partial charge >= 0.3 is 6.43 Å². The molecule has 0 N–H and O–H groups in total. The molecule has 1 atom stereocenters. The summed E-state index contributed by atoms with van der Waals surface area (Å²) in [7, 11) is -3.92. The maximum atomic E-state index is 14.7. The minimum absolute atomic E-state index is 0.0151. The summed E-state index contributed by atoms with van der Waals surface area (Å²) in [5, 5.41) is 5.91. The van der Waals surface area contributed by atoms with Crippen molar-refractivity contribution in [1.82, 2.24) is 19.4 Å². The van der Waals surface area contributed by atoms with E-state index < -0.39 is 70.1 Å². The van der Waals surface area contributed by atoms with Crippen LogP contribution >= 0.6 is 0 Å². The van der Waals surface area contributed by atoms with Crippen molar-refractivity contribution in [1.29, 1.82) is 0 Å². The largest absolute Gasteiger partial charge is 0.415 e. The molecule has 0 spiro atoms. The summed E-state index contributed by atoms with van der Waals surface area (Å²) in [5.41, 5.74) is -0.215. The van der Waals surface area contributed by atoms with Crippen LogP contribution in [0.4, 0.5) is 22.0 Å². The van der Waals surface area contributed by atoms with Gasteiger partial charge in [0, 0.05) is 42.2 Å². The summed E-state index contributed by atoms with van der Waals surface area (Å²) < 4.78 is 99.2. The number of alkyl halides is 4. The van der Waals surface area contributed by atoms with Gasteiger partial charge in [-0.3, -0.25) is 4.79 Å². The van der Waals surface area contributed by atoms with Gasteiger partial charge in [-0.25, -0.2) is 21.6 Å². The SMILES string of the molecule is O=C1c2cc(-c3nnc(C(F)F)o3)cc(F)c2CN1C[C@@H]1CC(F)(F)CN1S(=O)(=O)C1CC1. The van der Waals surface area contributed by atoms with Crippen LogP contribution in [0, 0.1) is 5.82 Å². The zero-order valence-electron chi connectivity index (χ0n) is 16.8. The third-order valence-electron chi connectivity index (χ3n) is 5.97. The number of hydrogen-bond acceptors (Lipinski definition) is 6. The van der Waals surface area contributed by atoms with Gasteiger partial charge in [-0.2, -0.15) is 13.1 Å². The Hall–Kier alpha value is -2.61. The lowest BCUT2D eigenvalue weighted by Gasteiger charge is -2.27. The lowest BCUT2D eigenvalue weighted by Crippen LogP contribution is -2.44. The van der Waals surface area contributed by atoms with Gasteiger partial charge in [0.2, 0.25) is 15.9 Å². The molecule has 1 saturated heterocycles. The first-order valence-electron chi connectivity index (χ1n) is 10.1. The number of halogens is 5. The van der Waals surface area contributed by atoms with E-state index in [0.29, 0.717) is 12.8 Å². The highest BCUT2D eigenvalue weighted by molar-refractivity contribution is 7.90. The number of benzene rings is 1. The molecule has 2 aromatic rings. The molecular formula is C19H17F5N4O4S. The molecule has 14 heteroatoms. The molecule has 178 valence electrons. The fraction of sp³-hybridized carbons (Fsp3) is 0.526. The summed E-state index contributed by atoms with van der Waals surface area (Å²) in [6, 6.07) is 1.01. The maximum absolute atomic E-state index is 14.7. The summed E-state index contributed by atoms with van der Waals surface area (Å²) >= 11 is 0. The van der Waals surface area contributed by atoms with E-state index in [1.54, 1.807) is 0 Å². The second kappa shape index (κ2) is 7.45. The summed E-state index contributed by atoms with van der Waals surface area (Å²) in [6.45, 7) is -1.53. The number of carbonyl (C=O) groups is 1. The Labute approximate surface area is 184 Å². The van der Waals surface area contributed by atoms with E-state index in [1.807, 2.05) is 0 Å². The molecule has 1 aromatic heterocycles. The van der Waals surface area contributed by atoms with Crippen molar-refractivity contribution in [2.75, 3.05) is 13.1 Å². The fourth-order valence-corrected chi connectivity index (χ4v) is 6.31. The molecular weight excluding hydrogens is 475 g/mol. The first-order chi connectivity index (χ1) is 15.5. The molecule has 0 unspecified atom stereocenters. The van der Waals surface area contributed by atoms with Crippen LogP contribution in [-0.2, 0) is 16.6 Å². The smallest absolute Gasteiger partial charge is 0.314 e. The Kier molecular flexibility index (Phi) is 5.01. The van der Waals surface area contributed by atoms with Gasteiger partial charge in [0.1, 0.15) is 5.82 Å². The number of amides is 1. The monoisotopic (exact) mass is 492 g/mol. The second-order valence-electron chi connectivity index (χ2n) is 8.42. The fourth-order valence-electron chi connectivity index (χ4n) is 4.26. The Morgan fingerprint density at radius 1 is 1.21 bits per heavy atom. The van der Waals surface area contributed by atoms with E-state index in [-0.39, 0.29) is 29.8 Å². The van der Waals surface area contributed by atoms with Crippen LogP contribution in [0.2, 0.25) is 0 Å². The summed E-state index contributed by atoms with van der Waals surface area (Å²) in [4.78, 5) is 14.0. The molecule has 1 aliphatic carbocycles. The molecule has 8 nitrogen and oxygen atoms in total. The van der Waals surface area contributed by atoms with Crippen LogP contribution in [0.3, 0.4) is 0 Å². The van der Waals surface area contributed by atoms with E-state index in [1.165, 1.54) is 6.07 Å². The van der Waals surface area contributed by atoms with Crippen molar-refractivity contribution < 1.29 is 39.6 Å². The number of aromatic nitrogens is 2. The highest BCUT2D eigenvalue weighted by Gasteiger charge is 2.54. The van der Waals surface area contributed by atoms with Crippen molar-refractivity contribution >= 4 is 15.9 Å². The van der Waals surface area contributed by atoms with Gasteiger partial charge in [0.05, 0.1) is 11.8 Å². The molecule has 2 fully saturated rings. The molecule has 3 heterocycles. The number of sulfonamides is 1. The standard InChI is InChI=1S/C19H17F5N4O4S/c20-14-4-9(16-25-26-17(32-16)15(21)22)3-12-13(14)7-27(18(12)29)6-10-5-19(23,24)8-28(10)33(30,31)11-1-2-11/h3-4,10-11,15H,1-2,5-8H2/t10-/m0/s1. The molecule has 0 radical (unpaired) electrons. The zero-order chi connectivity index (χ0) is 23.7. The van der Waals surface area contributed by atoms with Crippen molar-refractivity contribution in [3.8, 4) is 11.5 Å². The highest BCUT2D eigenvalue weighted by Crippen LogP contribution is 2.41. The molecule has 0 bridgehead atoms. The van der Waals surface area contributed by atoms with Gasteiger partial charge < -0.3 is 9.32 Å². The van der Waals surface area contributed by atoms with Gasteiger partial charge in [-0.1, -0.05) is 0 Å². The average molecular weight is 492 g/mol. The van der Waals surface area contributed by atoms with Crippen molar-refractivity contribution in [3.63, 3.8) is 0 Å². The summed E-state index contributed by atoms with van der Waals surface area (Å²) in [5.74, 6) is -6.14. The van der Waals surface area contributed by atoms with Crippen LogP contribution in [0.5, 0.6) is 0 Å². The van der Waals surface area contributed by atoms with Gasteiger partial charge in [-0.05, 0) is 25.0 Å². The lowest BCUT2D eigenvalue weighted by molar-refractivity contribution is 0.0164. The predicted molar refractivity (Wildman–Crippen MR) is 101 cm³/mol. The molecule has 3 aliphatic rings. The van der Waals surface area contributed by atoms with Crippen molar-refractivity contribution in [2.45, 2.75) is 49.4 Å². The Morgan fingerprint density at radius 3 is 2.58 bits per heavy atom. The first kappa shape index (κ1) is 22.2. The number of rotatable bonds is 6. The Morgan fingerprint density at radius 2 is 1.94 bits per heavy atom. The number of hydrogen-bond donors (Lipinski definition) is 0. The molecule has 1 saturated carbocycles. The summed E-state index contributed by atoms with van der Waals surface area (Å²) in [6.07, 6.45) is -2.96. The molecule has 1 aromatic carbocycles. The molecule has 1 amide bonds. The van der Waals surface area contributed by atoms with E-state index in [2.05, 4.69) is 10.2 Å². The van der Waals surface area contributed by atoms with E-state index >= 15 is 0 Å². The van der Waals surface area contributed by atoms with Gasteiger partial charge in [0.25, 0.3) is 17.7 Å². The van der Waals surface area contributed by atoms with Crippen LogP contribution in [-0.4, -0.2) is 64.0 Å². The normalized spacial score (nSPS) is 23.0. The van der Waals surface area contributed by atoms with Crippen LogP contribution in [0.25, 0.3) is 11.5 Å².